The van der Waals surface area contributed by atoms with Gasteiger partial charge in [0.2, 0.25) is 5.88 Å². The third-order valence-electron chi connectivity index (χ3n) is 3.14. The summed E-state index contributed by atoms with van der Waals surface area (Å²) in [5.41, 5.74) is 1.39. The van der Waals surface area contributed by atoms with Gasteiger partial charge < -0.3 is 10.1 Å². The molecule has 1 fully saturated rings. The van der Waals surface area contributed by atoms with E-state index in [0.717, 1.165) is 25.4 Å². The molecule has 17 heavy (non-hydrogen) atoms. The molecule has 0 saturated carbocycles. The molecule has 3 nitrogen and oxygen atoms in total. The fourth-order valence-electron chi connectivity index (χ4n) is 1.98. The number of nitrogens with zero attached hydrogens (tertiary/aromatic N) is 1. The Morgan fingerprint density at radius 2 is 2.18 bits per heavy atom. The van der Waals surface area contributed by atoms with Crippen LogP contribution in [0, 0.1) is 0 Å². The van der Waals surface area contributed by atoms with Crippen LogP contribution in [0.1, 0.15) is 39.2 Å². The minimum absolute atomic E-state index is 0.151. The summed E-state index contributed by atoms with van der Waals surface area (Å²) in [4.78, 5) is 4.39. The van der Waals surface area contributed by atoms with Gasteiger partial charge in [0.25, 0.3) is 0 Å². The van der Waals surface area contributed by atoms with Gasteiger partial charge in [0.1, 0.15) is 6.10 Å². The number of rotatable bonds is 2. The zero-order chi connectivity index (χ0) is 12.3. The molecule has 0 aromatic carbocycles. The predicted octanol–water partition coefficient (Wildman–Crippen LogP) is 2.51. The molecule has 1 aromatic rings. The summed E-state index contributed by atoms with van der Waals surface area (Å²) in [6.07, 6.45) is 4.50. The van der Waals surface area contributed by atoms with E-state index in [0.29, 0.717) is 0 Å². The molecule has 2 heterocycles. The van der Waals surface area contributed by atoms with Crippen LogP contribution in [-0.2, 0) is 5.41 Å². The van der Waals surface area contributed by atoms with Crippen LogP contribution in [0.2, 0.25) is 0 Å². The first-order chi connectivity index (χ1) is 8.05. The number of hydrogen-bond donors (Lipinski definition) is 1. The van der Waals surface area contributed by atoms with Crippen molar-refractivity contribution in [1.82, 2.24) is 10.3 Å². The zero-order valence-corrected chi connectivity index (χ0v) is 11.0. The molecular formula is C14H22N2O. The number of ether oxygens (including phenoxy) is 1. The SMILES string of the molecule is CC(C)(C)c1ccc(O[C@H]2CCCNC2)nc1. The van der Waals surface area contributed by atoms with Crippen molar-refractivity contribution in [2.24, 2.45) is 0 Å². The van der Waals surface area contributed by atoms with Gasteiger partial charge in [-0.3, -0.25) is 0 Å². The van der Waals surface area contributed by atoms with E-state index in [1.807, 2.05) is 12.3 Å². The second kappa shape index (κ2) is 5.05. The van der Waals surface area contributed by atoms with Crippen molar-refractivity contribution in [2.75, 3.05) is 13.1 Å². The maximum Gasteiger partial charge on any atom is 0.213 e. The van der Waals surface area contributed by atoms with Crippen molar-refractivity contribution in [1.29, 1.82) is 0 Å². The van der Waals surface area contributed by atoms with Crippen molar-refractivity contribution in [3.05, 3.63) is 23.9 Å². The Morgan fingerprint density at radius 3 is 2.71 bits per heavy atom. The highest BCUT2D eigenvalue weighted by molar-refractivity contribution is 5.23. The lowest BCUT2D eigenvalue weighted by Gasteiger charge is -2.24. The van der Waals surface area contributed by atoms with Gasteiger partial charge in [-0.25, -0.2) is 4.98 Å². The molecule has 0 radical (unpaired) electrons. The van der Waals surface area contributed by atoms with Crippen molar-refractivity contribution < 1.29 is 4.74 Å². The van der Waals surface area contributed by atoms with Gasteiger partial charge in [-0.05, 0) is 30.4 Å². The summed E-state index contributed by atoms with van der Waals surface area (Å²) >= 11 is 0. The molecule has 94 valence electrons. The highest BCUT2D eigenvalue weighted by Crippen LogP contribution is 2.23. The summed E-state index contributed by atoms with van der Waals surface area (Å²) in [7, 11) is 0. The van der Waals surface area contributed by atoms with Crippen molar-refractivity contribution in [3.8, 4) is 5.88 Å². The minimum Gasteiger partial charge on any atom is -0.473 e. The summed E-state index contributed by atoms with van der Waals surface area (Å²) in [5, 5.41) is 3.34. The number of piperidine rings is 1. The first kappa shape index (κ1) is 12.4. The van der Waals surface area contributed by atoms with Gasteiger partial charge >= 0.3 is 0 Å². The smallest absolute Gasteiger partial charge is 0.213 e. The van der Waals surface area contributed by atoms with Crippen molar-refractivity contribution in [2.45, 2.75) is 45.1 Å². The monoisotopic (exact) mass is 234 g/mol. The quantitative estimate of drug-likeness (QED) is 0.853. The van der Waals surface area contributed by atoms with Crippen LogP contribution in [0.4, 0.5) is 0 Å². The van der Waals surface area contributed by atoms with Crippen molar-refractivity contribution in [3.63, 3.8) is 0 Å². The normalized spacial score (nSPS) is 21.2. The summed E-state index contributed by atoms with van der Waals surface area (Å²) in [6.45, 7) is 8.61. The lowest BCUT2D eigenvalue weighted by Crippen LogP contribution is -2.37. The number of nitrogens with one attached hydrogen (secondary N) is 1. The molecule has 0 amide bonds. The Kier molecular flexibility index (Phi) is 3.67. The first-order valence-corrected chi connectivity index (χ1v) is 6.39. The lowest BCUT2D eigenvalue weighted by atomic mass is 9.88. The highest BCUT2D eigenvalue weighted by atomic mass is 16.5. The van der Waals surface area contributed by atoms with Crippen LogP contribution in [0.15, 0.2) is 18.3 Å². The molecular weight excluding hydrogens is 212 g/mol. The minimum atomic E-state index is 0.151. The van der Waals surface area contributed by atoms with E-state index in [1.165, 1.54) is 12.0 Å². The summed E-state index contributed by atoms with van der Waals surface area (Å²) in [5.74, 6) is 0.742. The standard InChI is InChI=1S/C14H22N2O/c1-14(2,3)11-6-7-13(16-9-11)17-12-5-4-8-15-10-12/h6-7,9,12,15H,4-5,8,10H2,1-3H3/t12-/m0/s1. The molecule has 0 bridgehead atoms. The Morgan fingerprint density at radius 1 is 1.35 bits per heavy atom. The number of pyridine rings is 1. The van der Waals surface area contributed by atoms with Crippen molar-refractivity contribution >= 4 is 0 Å². The summed E-state index contributed by atoms with van der Waals surface area (Å²) < 4.78 is 5.85. The molecule has 2 rings (SSSR count). The zero-order valence-electron chi connectivity index (χ0n) is 11.0. The Labute approximate surface area is 104 Å². The molecule has 1 aliphatic rings. The van der Waals surface area contributed by atoms with Crippen LogP contribution < -0.4 is 10.1 Å². The Balaban J connectivity index is 1.98. The van der Waals surface area contributed by atoms with Crippen LogP contribution >= 0.6 is 0 Å². The van der Waals surface area contributed by atoms with E-state index < -0.39 is 0 Å². The average Bonchev–Trinajstić information content (AvgIpc) is 2.30. The van der Waals surface area contributed by atoms with Crippen LogP contribution in [0.3, 0.4) is 0 Å². The number of hydrogen-bond acceptors (Lipinski definition) is 3. The van der Waals surface area contributed by atoms with E-state index in [1.54, 1.807) is 0 Å². The van der Waals surface area contributed by atoms with E-state index >= 15 is 0 Å². The molecule has 1 N–H and O–H groups in total. The Bertz CT molecular complexity index is 347. The highest BCUT2D eigenvalue weighted by Gasteiger charge is 2.16. The second-order valence-corrected chi connectivity index (χ2v) is 5.72. The molecule has 1 aromatic heterocycles. The average molecular weight is 234 g/mol. The molecule has 1 aliphatic heterocycles. The van der Waals surface area contributed by atoms with Crippen LogP contribution in [0.5, 0.6) is 5.88 Å². The van der Waals surface area contributed by atoms with Crippen LogP contribution in [-0.4, -0.2) is 24.2 Å². The molecule has 0 aliphatic carbocycles. The van der Waals surface area contributed by atoms with Crippen LogP contribution in [0.25, 0.3) is 0 Å². The topological polar surface area (TPSA) is 34.1 Å². The predicted molar refractivity (Wildman–Crippen MR) is 69.5 cm³/mol. The van der Waals surface area contributed by atoms with Gasteiger partial charge in [0.15, 0.2) is 0 Å². The largest absolute Gasteiger partial charge is 0.473 e. The molecule has 1 saturated heterocycles. The van der Waals surface area contributed by atoms with Gasteiger partial charge in [-0.2, -0.15) is 0 Å². The van der Waals surface area contributed by atoms with Gasteiger partial charge in [0, 0.05) is 18.8 Å². The fourth-order valence-corrected chi connectivity index (χ4v) is 1.98. The molecule has 0 spiro atoms. The third kappa shape index (κ3) is 3.43. The maximum atomic E-state index is 5.85. The van der Waals surface area contributed by atoms with Gasteiger partial charge in [-0.15, -0.1) is 0 Å². The van der Waals surface area contributed by atoms with Gasteiger partial charge in [-0.1, -0.05) is 26.8 Å². The van der Waals surface area contributed by atoms with E-state index in [4.69, 9.17) is 4.74 Å². The van der Waals surface area contributed by atoms with E-state index in [-0.39, 0.29) is 11.5 Å². The number of aromatic nitrogens is 1. The fraction of sp³-hybridized carbons (Fsp3) is 0.643. The summed E-state index contributed by atoms with van der Waals surface area (Å²) in [6, 6.07) is 4.09. The molecule has 0 unspecified atom stereocenters. The second-order valence-electron chi connectivity index (χ2n) is 5.72. The van der Waals surface area contributed by atoms with Gasteiger partial charge in [0.05, 0.1) is 0 Å². The first-order valence-electron chi connectivity index (χ1n) is 6.39. The van der Waals surface area contributed by atoms with E-state index in [9.17, 15) is 0 Å². The molecule has 3 heteroatoms. The molecule has 1 atom stereocenters. The third-order valence-corrected chi connectivity index (χ3v) is 3.14. The maximum absolute atomic E-state index is 5.85. The lowest BCUT2D eigenvalue weighted by molar-refractivity contribution is 0.160. The van der Waals surface area contributed by atoms with E-state index in [2.05, 4.69) is 37.1 Å². The Hall–Kier alpha value is -1.09.